The molecule has 1 unspecified atom stereocenters. The quantitative estimate of drug-likeness (QED) is 0.665. The molecule has 7 heteroatoms. The van der Waals surface area contributed by atoms with Gasteiger partial charge in [0.05, 0.1) is 17.0 Å². The summed E-state index contributed by atoms with van der Waals surface area (Å²) in [5.74, 6) is -2.12. The molecular formula is C14H12F2N2O3. The van der Waals surface area contributed by atoms with Crippen molar-refractivity contribution >= 4 is 11.4 Å². The molecule has 0 saturated heterocycles. The summed E-state index contributed by atoms with van der Waals surface area (Å²) >= 11 is 0. The van der Waals surface area contributed by atoms with Gasteiger partial charge < -0.3 is 10.4 Å². The molecule has 0 aliphatic heterocycles. The third-order valence-electron chi connectivity index (χ3n) is 2.99. The molecule has 110 valence electrons. The second-order valence-electron chi connectivity index (χ2n) is 4.46. The number of halogens is 2. The van der Waals surface area contributed by atoms with Crippen molar-refractivity contribution in [3.8, 4) is 5.75 Å². The van der Waals surface area contributed by atoms with Crippen molar-refractivity contribution < 1.29 is 18.8 Å². The number of nitrogens with one attached hydrogen (secondary N) is 1. The number of rotatable bonds is 4. The molecule has 1 atom stereocenters. The van der Waals surface area contributed by atoms with Crippen molar-refractivity contribution in [1.29, 1.82) is 0 Å². The van der Waals surface area contributed by atoms with Crippen LogP contribution in [0.3, 0.4) is 0 Å². The van der Waals surface area contributed by atoms with E-state index in [1.54, 1.807) is 25.1 Å². The van der Waals surface area contributed by atoms with E-state index in [2.05, 4.69) is 5.32 Å². The molecule has 0 amide bonds. The number of aromatic hydroxyl groups is 1. The number of hydrogen-bond donors (Lipinski definition) is 2. The number of hydrogen-bond acceptors (Lipinski definition) is 4. The zero-order valence-electron chi connectivity index (χ0n) is 11.0. The lowest BCUT2D eigenvalue weighted by molar-refractivity contribution is -0.384. The van der Waals surface area contributed by atoms with Gasteiger partial charge in [0.1, 0.15) is 17.3 Å². The van der Waals surface area contributed by atoms with Gasteiger partial charge in [-0.25, -0.2) is 8.78 Å². The molecule has 0 aliphatic carbocycles. The molecule has 0 aromatic heterocycles. The fraction of sp³-hybridized carbons (Fsp3) is 0.143. The smallest absolute Gasteiger partial charge is 0.298 e. The van der Waals surface area contributed by atoms with E-state index in [-0.39, 0.29) is 5.75 Å². The van der Waals surface area contributed by atoms with Crippen molar-refractivity contribution in [2.24, 2.45) is 0 Å². The minimum absolute atomic E-state index is 0.0253. The summed E-state index contributed by atoms with van der Waals surface area (Å²) in [6.07, 6.45) is 0. The number of phenolic OH excluding ortho intramolecular Hbond substituents is 1. The highest BCUT2D eigenvalue weighted by Gasteiger charge is 2.22. The van der Waals surface area contributed by atoms with E-state index < -0.39 is 34.0 Å². The fourth-order valence-corrected chi connectivity index (χ4v) is 1.99. The van der Waals surface area contributed by atoms with Crippen LogP contribution in [0.1, 0.15) is 18.5 Å². The maximum Gasteiger partial charge on any atom is 0.298 e. The molecule has 2 rings (SSSR count). The second-order valence-corrected chi connectivity index (χ2v) is 4.46. The van der Waals surface area contributed by atoms with Crippen LogP contribution in [0.2, 0.25) is 0 Å². The normalized spacial score (nSPS) is 12.0. The molecule has 0 radical (unpaired) electrons. The van der Waals surface area contributed by atoms with E-state index in [0.29, 0.717) is 17.7 Å². The van der Waals surface area contributed by atoms with Gasteiger partial charge in [-0.3, -0.25) is 10.1 Å². The summed E-state index contributed by atoms with van der Waals surface area (Å²) in [4.78, 5) is 10.0. The van der Waals surface area contributed by atoms with Crippen LogP contribution in [-0.2, 0) is 0 Å². The lowest BCUT2D eigenvalue weighted by atomic mass is 10.1. The van der Waals surface area contributed by atoms with Crippen molar-refractivity contribution in [2.75, 3.05) is 5.32 Å². The monoisotopic (exact) mass is 294 g/mol. The van der Waals surface area contributed by atoms with Crippen LogP contribution in [0.25, 0.3) is 0 Å². The van der Waals surface area contributed by atoms with Crippen LogP contribution in [0, 0.1) is 21.7 Å². The number of phenols is 1. The average molecular weight is 294 g/mol. The van der Waals surface area contributed by atoms with E-state index in [9.17, 15) is 24.0 Å². The van der Waals surface area contributed by atoms with E-state index in [0.717, 1.165) is 0 Å². The van der Waals surface area contributed by atoms with Crippen molar-refractivity contribution in [3.63, 3.8) is 0 Å². The first-order chi connectivity index (χ1) is 9.90. The lowest BCUT2D eigenvalue weighted by Gasteiger charge is -2.17. The highest BCUT2D eigenvalue weighted by atomic mass is 19.1. The van der Waals surface area contributed by atoms with Gasteiger partial charge in [0, 0.05) is 11.6 Å². The van der Waals surface area contributed by atoms with E-state index in [4.69, 9.17) is 0 Å². The first-order valence-corrected chi connectivity index (χ1v) is 6.08. The fourth-order valence-electron chi connectivity index (χ4n) is 1.99. The molecule has 0 bridgehead atoms. The standard InChI is InChI=1S/C14H12F2N2O3/c1-8(10-4-2-3-5-13(10)19)17-14-11(16)6-9(15)7-12(14)18(20)21/h2-8,17,19H,1H3. The predicted molar refractivity (Wildman–Crippen MR) is 73.2 cm³/mol. The van der Waals surface area contributed by atoms with Crippen LogP contribution in [0.5, 0.6) is 5.75 Å². The molecular weight excluding hydrogens is 282 g/mol. The topological polar surface area (TPSA) is 75.4 Å². The van der Waals surface area contributed by atoms with Crippen LogP contribution < -0.4 is 5.32 Å². The molecule has 0 fully saturated rings. The second kappa shape index (κ2) is 5.74. The Kier molecular flexibility index (Phi) is 4.02. The van der Waals surface area contributed by atoms with Gasteiger partial charge in [-0.1, -0.05) is 18.2 Å². The highest BCUT2D eigenvalue weighted by Crippen LogP contribution is 2.33. The van der Waals surface area contributed by atoms with Gasteiger partial charge in [0.2, 0.25) is 0 Å². The predicted octanol–water partition coefficient (Wildman–Crippen LogP) is 3.75. The van der Waals surface area contributed by atoms with Crippen molar-refractivity contribution in [1.82, 2.24) is 0 Å². The first kappa shape index (κ1) is 14.7. The largest absolute Gasteiger partial charge is 0.508 e. The minimum atomic E-state index is -1.07. The van der Waals surface area contributed by atoms with E-state index in [1.807, 2.05) is 0 Å². The molecule has 2 aromatic carbocycles. The molecule has 5 nitrogen and oxygen atoms in total. The van der Waals surface area contributed by atoms with Gasteiger partial charge in [-0.2, -0.15) is 0 Å². The third-order valence-corrected chi connectivity index (χ3v) is 2.99. The number of nitrogens with zero attached hydrogens (tertiary/aromatic N) is 1. The SMILES string of the molecule is CC(Nc1c(F)cc(F)cc1[N+](=O)[O-])c1ccccc1O. The van der Waals surface area contributed by atoms with Crippen LogP contribution in [0.4, 0.5) is 20.2 Å². The molecule has 0 saturated carbocycles. The lowest BCUT2D eigenvalue weighted by Crippen LogP contribution is -2.10. The molecule has 0 heterocycles. The Morgan fingerprint density at radius 2 is 1.95 bits per heavy atom. The van der Waals surface area contributed by atoms with Crippen molar-refractivity contribution in [2.45, 2.75) is 13.0 Å². The van der Waals surface area contributed by atoms with Crippen LogP contribution >= 0.6 is 0 Å². The molecule has 0 spiro atoms. The van der Waals surface area contributed by atoms with Crippen molar-refractivity contribution in [3.05, 3.63) is 63.7 Å². The first-order valence-electron chi connectivity index (χ1n) is 6.08. The van der Waals surface area contributed by atoms with Gasteiger partial charge in [-0.15, -0.1) is 0 Å². The summed E-state index contributed by atoms with van der Waals surface area (Å²) in [6.45, 7) is 1.60. The Morgan fingerprint density at radius 3 is 2.57 bits per heavy atom. The van der Waals surface area contributed by atoms with E-state index in [1.165, 1.54) is 6.07 Å². The van der Waals surface area contributed by atoms with Gasteiger partial charge in [0.25, 0.3) is 5.69 Å². The minimum Gasteiger partial charge on any atom is -0.508 e. The summed E-state index contributed by atoms with van der Waals surface area (Å²) in [5.41, 5.74) is -0.678. The Labute approximate surface area is 119 Å². The van der Waals surface area contributed by atoms with Gasteiger partial charge >= 0.3 is 0 Å². The average Bonchev–Trinajstić information content (AvgIpc) is 2.41. The third kappa shape index (κ3) is 3.07. The summed E-state index contributed by atoms with van der Waals surface area (Å²) in [7, 11) is 0. The Hall–Kier alpha value is -2.70. The highest BCUT2D eigenvalue weighted by molar-refractivity contribution is 5.63. The van der Waals surface area contributed by atoms with E-state index >= 15 is 0 Å². The Bertz CT molecular complexity index is 692. The summed E-state index contributed by atoms with van der Waals surface area (Å²) in [5, 5.41) is 23.2. The number of nitro groups is 1. The number of anilines is 1. The zero-order valence-corrected chi connectivity index (χ0v) is 11.0. The van der Waals surface area contributed by atoms with Gasteiger partial charge in [0.15, 0.2) is 5.82 Å². The zero-order chi connectivity index (χ0) is 15.6. The number of benzene rings is 2. The van der Waals surface area contributed by atoms with Gasteiger partial charge in [-0.05, 0) is 13.0 Å². The Morgan fingerprint density at radius 1 is 1.29 bits per heavy atom. The summed E-state index contributed by atoms with van der Waals surface area (Å²) < 4.78 is 26.9. The Balaban J connectivity index is 2.40. The number of para-hydroxylation sites is 1. The maximum absolute atomic E-state index is 13.8. The molecule has 2 aromatic rings. The summed E-state index contributed by atoms with van der Waals surface area (Å²) in [6, 6.07) is 6.93. The molecule has 21 heavy (non-hydrogen) atoms. The molecule has 2 N–H and O–H groups in total. The van der Waals surface area contributed by atoms with Crippen LogP contribution in [0.15, 0.2) is 36.4 Å². The number of nitro benzene ring substituents is 1. The molecule has 0 aliphatic rings. The maximum atomic E-state index is 13.8. The van der Waals surface area contributed by atoms with Crippen LogP contribution in [-0.4, -0.2) is 10.0 Å².